The van der Waals surface area contributed by atoms with Gasteiger partial charge in [-0.1, -0.05) is 19.9 Å². The summed E-state index contributed by atoms with van der Waals surface area (Å²) in [7, 11) is -3.27. The van der Waals surface area contributed by atoms with Gasteiger partial charge >= 0.3 is 0 Å². The first-order valence-electron chi connectivity index (χ1n) is 10.4. The third-order valence-corrected chi connectivity index (χ3v) is 8.03. The Kier molecular flexibility index (Phi) is 4.39. The maximum absolute atomic E-state index is 12.4. The van der Waals surface area contributed by atoms with Gasteiger partial charge in [-0.15, -0.1) is 0 Å². The normalized spacial score (nSPS) is 16.7. The van der Waals surface area contributed by atoms with Gasteiger partial charge in [0.2, 0.25) is 5.95 Å². The van der Waals surface area contributed by atoms with Gasteiger partial charge in [0.1, 0.15) is 0 Å². The van der Waals surface area contributed by atoms with Crippen LogP contribution in [0.3, 0.4) is 0 Å². The summed E-state index contributed by atoms with van der Waals surface area (Å²) >= 11 is 0. The molecule has 30 heavy (non-hydrogen) atoms. The fraction of sp³-hybridized carbons (Fsp3) is 0.348. The molecule has 154 valence electrons. The molecule has 2 aliphatic rings. The summed E-state index contributed by atoms with van der Waals surface area (Å²) < 4.78 is 24.8. The number of rotatable bonds is 5. The first-order chi connectivity index (χ1) is 14.5. The highest BCUT2D eigenvalue weighted by Gasteiger charge is 2.52. The highest BCUT2D eigenvalue weighted by atomic mass is 32.2. The maximum atomic E-state index is 12.4. The van der Waals surface area contributed by atoms with Crippen molar-refractivity contribution in [3.05, 3.63) is 60.0 Å². The molecule has 2 aromatic heterocycles. The SMILES string of the molecule is CCc1ccnc(-c2cnc(N3CC4(CC4)c4ccc(S(=O)(=O)CC)cc43)nc2)c1. The molecule has 0 amide bonds. The minimum absolute atomic E-state index is 0.0892. The number of sulfone groups is 1. The van der Waals surface area contributed by atoms with E-state index in [9.17, 15) is 8.42 Å². The molecule has 0 bridgehead atoms. The number of pyridine rings is 1. The number of aromatic nitrogens is 3. The van der Waals surface area contributed by atoms with Crippen LogP contribution >= 0.6 is 0 Å². The van der Waals surface area contributed by atoms with Crippen LogP contribution in [-0.2, 0) is 21.7 Å². The van der Waals surface area contributed by atoms with Crippen molar-refractivity contribution in [3.8, 4) is 11.3 Å². The molecule has 3 heterocycles. The number of nitrogens with zero attached hydrogens (tertiary/aromatic N) is 4. The van der Waals surface area contributed by atoms with Crippen molar-refractivity contribution in [3.63, 3.8) is 0 Å². The van der Waals surface area contributed by atoms with Crippen molar-refractivity contribution >= 4 is 21.5 Å². The van der Waals surface area contributed by atoms with Gasteiger partial charge in [-0.25, -0.2) is 18.4 Å². The number of hydrogen-bond donors (Lipinski definition) is 0. The average molecular weight is 421 g/mol. The van der Waals surface area contributed by atoms with Gasteiger partial charge in [-0.3, -0.25) is 4.98 Å². The molecular formula is C23H24N4O2S. The van der Waals surface area contributed by atoms with Crippen molar-refractivity contribution < 1.29 is 8.42 Å². The van der Waals surface area contributed by atoms with Crippen LogP contribution in [0.4, 0.5) is 11.6 Å². The molecule has 0 atom stereocenters. The molecule has 3 aromatic rings. The fourth-order valence-electron chi connectivity index (χ4n) is 4.22. The van der Waals surface area contributed by atoms with Crippen LogP contribution in [-0.4, -0.2) is 35.7 Å². The molecule has 5 rings (SSSR count). The van der Waals surface area contributed by atoms with Crippen LogP contribution in [0.2, 0.25) is 0 Å². The standard InChI is InChI=1S/C23H24N4O2S/c1-3-16-7-10-24-20(11-16)17-13-25-22(26-14-17)27-15-23(8-9-23)19-6-5-18(12-21(19)27)30(28,29)4-2/h5-7,10-14H,3-4,8-9,15H2,1-2H3. The second-order valence-electron chi connectivity index (χ2n) is 8.12. The first-order valence-corrected chi connectivity index (χ1v) is 12.0. The predicted molar refractivity (Wildman–Crippen MR) is 117 cm³/mol. The summed E-state index contributed by atoms with van der Waals surface area (Å²) in [6, 6.07) is 9.60. The van der Waals surface area contributed by atoms with Gasteiger partial charge < -0.3 is 4.90 Å². The minimum Gasteiger partial charge on any atom is -0.309 e. The van der Waals surface area contributed by atoms with E-state index < -0.39 is 9.84 Å². The Bertz CT molecular complexity index is 1220. The molecule has 1 fully saturated rings. The Morgan fingerprint density at radius 1 is 1.03 bits per heavy atom. The average Bonchev–Trinajstić information content (AvgIpc) is 3.50. The molecule has 1 spiro atoms. The van der Waals surface area contributed by atoms with E-state index in [2.05, 4.69) is 32.8 Å². The molecule has 1 aliphatic carbocycles. The Morgan fingerprint density at radius 2 is 1.80 bits per heavy atom. The zero-order valence-electron chi connectivity index (χ0n) is 17.2. The summed E-state index contributed by atoms with van der Waals surface area (Å²) in [5.74, 6) is 0.688. The van der Waals surface area contributed by atoms with Crippen molar-refractivity contribution in [2.45, 2.75) is 43.4 Å². The lowest BCUT2D eigenvalue weighted by atomic mass is 9.99. The highest BCUT2D eigenvalue weighted by molar-refractivity contribution is 7.91. The second kappa shape index (κ2) is 6.87. The van der Waals surface area contributed by atoms with Crippen molar-refractivity contribution in [1.82, 2.24) is 15.0 Å². The van der Waals surface area contributed by atoms with Gasteiger partial charge in [-0.2, -0.15) is 0 Å². The van der Waals surface area contributed by atoms with Gasteiger partial charge in [0.15, 0.2) is 9.84 Å². The van der Waals surface area contributed by atoms with Gasteiger partial charge in [0, 0.05) is 41.8 Å². The third-order valence-electron chi connectivity index (χ3n) is 6.29. The van der Waals surface area contributed by atoms with Gasteiger partial charge in [-0.05, 0) is 54.7 Å². The lowest BCUT2D eigenvalue weighted by molar-refractivity contribution is 0.597. The molecule has 0 radical (unpaired) electrons. The number of anilines is 2. The van der Waals surface area contributed by atoms with Crippen molar-refractivity contribution in [1.29, 1.82) is 0 Å². The molecule has 1 aromatic carbocycles. The molecule has 0 N–H and O–H groups in total. The zero-order valence-corrected chi connectivity index (χ0v) is 18.0. The Morgan fingerprint density at radius 3 is 2.47 bits per heavy atom. The number of aryl methyl sites for hydroxylation is 1. The van der Waals surface area contributed by atoms with Crippen LogP contribution in [0.15, 0.2) is 53.8 Å². The summed E-state index contributed by atoms with van der Waals surface area (Å²) in [4.78, 5) is 16.1. The number of hydrogen-bond acceptors (Lipinski definition) is 6. The summed E-state index contributed by atoms with van der Waals surface area (Å²) in [6.07, 6.45) is 8.59. The minimum atomic E-state index is -3.27. The van der Waals surface area contributed by atoms with E-state index in [1.165, 1.54) is 11.1 Å². The lowest BCUT2D eigenvalue weighted by Crippen LogP contribution is -2.21. The highest BCUT2D eigenvalue weighted by Crippen LogP contribution is 2.58. The smallest absolute Gasteiger partial charge is 0.229 e. The van der Waals surface area contributed by atoms with E-state index in [0.29, 0.717) is 10.8 Å². The zero-order chi connectivity index (χ0) is 20.9. The van der Waals surface area contributed by atoms with Crippen LogP contribution in [0, 0.1) is 0 Å². The second-order valence-corrected chi connectivity index (χ2v) is 10.4. The third kappa shape index (κ3) is 3.08. The van der Waals surface area contributed by atoms with Crippen LogP contribution < -0.4 is 4.90 Å². The summed E-state index contributed by atoms with van der Waals surface area (Å²) in [5.41, 5.74) is 5.19. The van der Waals surface area contributed by atoms with E-state index in [0.717, 1.165) is 42.8 Å². The maximum Gasteiger partial charge on any atom is 0.229 e. The quantitative estimate of drug-likeness (QED) is 0.619. The van der Waals surface area contributed by atoms with E-state index in [4.69, 9.17) is 0 Å². The fourth-order valence-corrected chi connectivity index (χ4v) is 5.12. The van der Waals surface area contributed by atoms with E-state index in [1.54, 1.807) is 31.5 Å². The van der Waals surface area contributed by atoms with Gasteiger partial charge in [0.05, 0.1) is 16.3 Å². The lowest BCUT2D eigenvalue weighted by Gasteiger charge is -2.18. The predicted octanol–water partition coefficient (Wildman–Crippen LogP) is 4.08. The van der Waals surface area contributed by atoms with Crippen LogP contribution in [0.1, 0.15) is 37.8 Å². The Hall–Kier alpha value is -2.80. The molecule has 0 saturated heterocycles. The topological polar surface area (TPSA) is 76.1 Å². The molecule has 6 nitrogen and oxygen atoms in total. The first kappa shape index (κ1) is 19.2. The Labute approximate surface area is 176 Å². The summed E-state index contributed by atoms with van der Waals surface area (Å²) in [6.45, 7) is 4.58. The molecule has 7 heteroatoms. The van der Waals surface area contributed by atoms with Crippen molar-refractivity contribution in [2.75, 3.05) is 17.2 Å². The molecular weight excluding hydrogens is 396 g/mol. The largest absolute Gasteiger partial charge is 0.309 e. The van der Waals surface area contributed by atoms with Crippen LogP contribution in [0.25, 0.3) is 11.3 Å². The number of benzene rings is 1. The molecule has 1 saturated carbocycles. The van der Waals surface area contributed by atoms with Crippen LogP contribution in [0.5, 0.6) is 0 Å². The van der Waals surface area contributed by atoms with E-state index in [1.807, 2.05) is 18.3 Å². The molecule has 1 aliphatic heterocycles. The van der Waals surface area contributed by atoms with Gasteiger partial charge in [0.25, 0.3) is 0 Å². The van der Waals surface area contributed by atoms with Crippen molar-refractivity contribution in [2.24, 2.45) is 0 Å². The molecule has 0 unspecified atom stereocenters. The van der Waals surface area contributed by atoms with E-state index in [-0.39, 0.29) is 11.2 Å². The number of fused-ring (bicyclic) bond motifs is 2. The Balaban J connectivity index is 1.52. The monoisotopic (exact) mass is 420 g/mol. The summed E-state index contributed by atoms with van der Waals surface area (Å²) in [5, 5.41) is 0. The van der Waals surface area contributed by atoms with E-state index >= 15 is 0 Å².